The first-order chi connectivity index (χ1) is 8.99. The zero-order chi connectivity index (χ0) is 14.4. The number of aryl methyl sites for hydroxylation is 1. The maximum atomic E-state index is 12.1. The Morgan fingerprint density at radius 3 is 2.74 bits per heavy atom. The summed E-state index contributed by atoms with van der Waals surface area (Å²) in [5.74, 6) is 0.549. The molecule has 0 saturated heterocycles. The molecule has 0 aliphatic rings. The van der Waals surface area contributed by atoms with Gasteiger partial charge in [-0.3, -0.25) is 4.79 Å². The molecule has 0 fully saturated rings. The Bertz CT molecular complexity index is 458. The van der Waals surface area contributed by atoms with Crippen LogP contribution in [0.5, 0.6) is 0 Å². The fourth-order valence-electron chi connectivity index (χ4n) is 1.94. The molecule has 6 heteroatoms. The highest BCUT2D eigenvalue weighted by molar-refractivity contribution is 9.10. The molecule has 0 amide bonds. The fourth-order valence-corrected chi connectivity index (χ4v) is 2.36. The van der Waals surface area contributed by atoms with Crippen molar-refractivity contribution in [1.29, 1.82) is 0 Å². The van der Waals surface area contributed by atoms with Crippen LogP contribution in [-0.2, 0) is 6.54 Å². The van der Waals surface area contributed by atoms with Gasteiger partial charge in [0.1, 0.15) is 4.47 Å². The predicted molar refractivity (Wildman–Crippen MR) is 82.4 cm³/mol. The molecule has 19 heavy (non-hydrogen) atoms. The lowest BCUT2D eigenvalue weighted by Crippen LogP contribution is -2.32. The van der Waals surface area contributed by atoms with E-state index >= 15 is 0 Å². The van der Waals surface area contributed by atoms with Gasteiger partial charge >= 0.3 is 0 Å². The standard InChI is InChI=1S/C13H23BrN4O/c1-4-5-18-13(19)12(14)11(8-16-18)17-10(7-15)6-9(2)3/h8-10,17H,4-7,15H2,1-3H3. The highest BCUT2D eigenvalue weighted by atomic mass is 79.9. The first-order valence-corrected chi connectivity index (χ1v) is 7.51. The van der Waals surface area contributed by atoms with Crippen molar-refractivity contribution >= 4 is 21.6 Å². The molecule has 1 aromatic heterocycles. The Morgan fingerprint density at radius 1 is 1.53 bits per heavy atom. The van der Waals surface area contributed by atoms with Crippen LogP contribution in [0.15, 0.2) is 15.5 Å². The average Bonchev–Trinajstić information content (AvgIpc) is 2.37. The van der Waals surface area contributed by atoms with Crippen LogP contribution >= 0.6 is 15.9 Å². The number of hydrogen-bond acceptors (Lipinski definition) is 4. The molecule has 0 aliphatic carbocycles. The van der Waals surface area contributed by atoms with Gasteiger partial charge in [-0.2, -0.15) is 5.10 Å². The first-order valence-electron chi connectivity index (χ1n) is 6.71. The van der Waals surface area contributed by atoms with Crippen molar-refractivity contribution in [3.8, 4) is 0 Å². The number of aromatic nitrogens is 2. The van der Waals surface area contributed by atoms with Crippen molar-refractivity contribution in [1.82, 2.24) is 9.78 Å². The summed E-state index contributed by atoms with van der Waals surface area (Å²) in [6.07, 6.45) is 3.52. The van der Waals surface area contributed by atoms with Crippen LogP contribution in [0.1, 0.15) is 33.6 Å². The molecular formula is C13H23BrN4O. The van der Waals surface area contributed by atoms with Crippen LogP contribution in [0.25, 0.3) is 0 Å². The average molecular weight is 331 g/mol. The monoisotopic (exact) mass is 330 g/mol. The predicted octanol–water partition coefficient (Wildman–Crippen LogP) is 2.20. The lowest BCUT2D eigenvalue weighted by atomic mass is 10.0. The zero-order valence-corrected chi connectivity index (χ0v) is 13.4. The van der Waals surface area contributed by atoms with E-state index in [-0.39, 0.29) is 11.6 Å². The number of anilines is 1. The van der Waals surface area contributed by atoms with Crippen molar-refractivity contribution in [3.63, 3.8) is 0 Å². The van der Waals surface area contributed by atoms with Crippen LogP contribution in [0.4, 0.5) is 5.69 Å². The van der Waals surface area contributed by atoms with Gasteiger partial charge in [0.25, 0.3) is 5.56 Å². The van der Waals surface area contributed by atoms with E-state index in [2.05, 4.69) is 40.2 Å². The summed E-state index contributed by atoms with van der Waals surface area (Å²) in [6, 6.07) is 0.152. The van der Waals surface area contributed by atoms with Gasteiger partial charge in [-0.05, 0) is 34.7 Å². The summed E-state index contributed by atoms with van der Waals surface area (Å²) in [5.41, 5.74) is 6.36. The molecular weight excluding hydrogens is 308 g/mol. The molecule has 1 unspecified atom stereocenters. The summed E-state index contributed by atoms with van der Waals surface area (Å²) in [6.45, 7) is 7.47. The van der Waals surface area contributed by atoms with Crippen LogP contribution in [0.2, 0.25) is 0 Å². The number of nitrogens with one attached hydrogen (secondary N) is 1. The van der Waals surface area contributed by atoms with Gasteiger partial charge < -0.3 is 11.1 Å². The van der Waals surface area contributed by atoms with Crippen molar-refractivity contribution < 1.29 is 0 Å². The van der Waals surface area contributed by atoms with Crippen LogP contribution < -0.4 is 16.6 Å². The molecule has 0 radical (unpaired) electrons. The SMILES string of the molecule is CCCn1ncc(NC(CN)CC(C)C)c(Br)c1=O. The number of rotatable bonds is 7. The van der Waals surface area contributed by atoms with Gasteiger partial charge in [0.15, 0.2) is 0 Å². The van der Waals surface area contributed by atoms with Crippen molar-refractivity contribution in [3.05, 3.63) is 21.0 Å². The molecule has 1 heterocycles. The molecule has 0 saturated carbocycles. The molecule has 0 aliphatic heterocycles. The zero-order valence-electron chi connectivity index (χ0n) is 11.8. The summed E-state index contributed by atoms with van der Waals surface area (Å²) in [4.78, 5) is 12.1. The fraction of sp³-hybridized carbons (Fsp3) is 0.692. The molecule has 3 N–H and O–H groups in total. The summed E-state index contributed by atoms with van der Waals surface area (Å²) in [5, 5.41) is 7.46. The van der Waals surface area contributed by atoms with E-state index < -0.39 is 0 Å². The number of halogens is 1. The van der Waals surface area contributed by atoms with Crippen molar-refractivity contribution in [2.75, 3.05) is 11.9 Å². The van der Waals surface area contributed by atoms with Gasteiger partial charge in [-0.1, -0.05) is 20.8 Å². The van der Waals surface area contributed by atoms with E-state index in [9.17, 15) is 4.79 Å². The van der Waals surface area contributed by atoms with E-state index in [1.165, 1.54) is 4.68 Å². The first kappa shape index (κ1) is 16.2. The Kier molecular flexibility index (Phi) is 6.51. The van der Waals surface area contributed by atoms with Crippen molar-refractivity contribution in [2.24, 2.45) is 11.7 Å². The quantitative estimate of drug-likeness (QED) is 0.803. The number of nitrogens with two attached hydrogens (primary N) is 1. The van der Waals surface area contributed by atoms with Gasteiger partial charge in [0.05, 0.1) is 11.9 Å². The van der Waals surface area contributed by atoms with Gasteiger partial charge in [0, 0.05) is 19.1 Å². The van der Waals surface area contributed by atoms with Gasteiger partial charge in [0.2, 0.25) is 0 Å². The van der Waals surface area contributed by atoms with Crippen LogP contribution in [0, 0.1) is 5.92 Å². The smallest absolute Gasteiger partial charge is 0.283 e. The minimum absolute atomic E-state index is 0.104. The molecule has 1 atom stereocenters. The van der Waals surface area contributed by atoms with Crippen LogP contribution in [0.3, 0.4) is 0 Å². The molecule has 108 valence electrons. The lowest BCUT2D eigenvalue weighted by Gasteiger charge is -2.20. The Hall–Kier alpha value is -0.880. The Morgan fingerprint density at radius 2 is 2.21 bits per heavy atom. The second-order valence-corrected chi connectivity index (χ2v) is 5.90. The van der Waals surface area contributed by atoms with Crippen molar-refractivity contribution in [2.45, 2.75) is 46.2 Å². The normalized spacial score (nSPS) is 12.7. The second kappa shape index (κ2) is 7.65. The molecule has 5 nitrogen and oxygen atoms in total. The largest absolute Gasteiger partial charge is 0.379 e. The third-order valence-corrected chi connectivity index (χ3v) is 3.59. The maximum Gasteiger partial charge on any atom is 0.283 e. The van der Waals surface area contributed by atoms with Crippen LogP contribution in [-0.4, -0.2) is 22.4 Å². The molecule has 0 spiro atoms. The summed E-state index contributed by atoms with van der Waals surface area (Å²) in [7, 11) is 0. The topological polar surface area (TPSA) is 72.9 Å². The van der Waals surface area contributed by atoms with E-state index in [0.29, 0.717) is 29.2 Å². The van der Waals surface area contributed by atoms with E-state index in [1.54, 1.807) is 6.20 Å². The minimum atomic E-state index is -0.104. The lowest BCUT2D eigenvalue weighted by molar-refractivity contribution is 0.520. The molecule has 0 bridgehead atoms. The second-order valence-electron chi connectivity index (χ2n) is 5.11. The van der Waals surface area contributed by atoms with Gasteiger partial charge in [-0.15, -0.1) is 0 Å². The Labute approximate surface area is 122 Å². The van der Waals surface area contributed by atoms with E-state index in [4.69, 9.17) is 5.73 Å². The maximum absolute atomic E-state index is 12.1. The Balaban J connectivity index is 2.90. The minimum Gasteiger partial charge on any atom is -0.379 e. The summed E-state index contributed by atoms with van der Waals surface area (Å²) >= 11 is 3.35. The molecule has 1 rings (SSSR count). The van der Waals surface area contributed by atoms with E-state index in [0.717, 1.165) is 12.8 Å². The summed E-state index contributed by atoms with van der Waals surface area (Å²) < 4.78 is 1.99. The highest BCUT2D eigenvalue weighted by Gasteiger charge is 2.13. The highest BCUT2D eigenvalue weighted by Crippen LogP contribution is 2.19. The number of nitrogens with zero attached hydrogens (tertiary/aromatic N) is 2. The third kappa shape index (κ3) is 4.62. The third-order valence-electron chi connectivity index (χ3n) is 2.82. The molecule has 0 aromatic carbocycles. The molecule has 1 aromatic rings. The van der Waals surface area contributed by atoms with E-state index in [1.807, 2.05) is 6.92 Å². The van der Waals surface area contributed by atoms with Gasteiger partial charge in [-0.25, -0.2) is 4.68 Å². The number of hydrogen-bond donors (Lipinski definition) is 2.